The number of nitriles is 1. The molecule has 1 aliphatic heterocycles. The number of benzene rings is 2. The summed E-state index contributed by atoms with van der Waals surface area (Å²) < 4.78 is 5.97. The van der Waals surface area contributed by atoms with Gasteiger partial charge in [0.05, 0.1) is 24.7 Å². The zero-order valence-corrected chi connectivity index (χ0v) is 20.5. The van der Waals surface area contributed by atoms with Crippen LogP contribution in [0.4, 0.5) is 23.1 Å². The largest absolute Gasteiger partial charge is 0.493 e. The summed E-state index contributed by atoms with van der Waals surface area (Å²) in [6, 6.07) is 16.9. The maximum Gasteiger partial charge on any atom is 0.229 e. The van der Waals surface area contributed by atoms with Gasteiger partial charge >= 0.3 is 0 Å². The number of ether oxygens (including phenoxy) is 1. The van der Waals surface area contributed by atoms with Gasteiger partial charge in [0.2, 0.25) is 5.95 Å². The average molecular weight is 486 g/mol. The number of carbonyl (C=O) groups is 1. The number of hydrogen-bond donors (Lipinski definition) is 2. The van der Waals surface area contributed by atoms with Crippen LogP contribution >= 0.6 is 0 Å². The Morgan fingerprint density at radius 1 is 1.08 bits per heavy atom. The minimum Gasteiger partial charge on any atom is -0.493 e. The topological polar surface area (TPSA) is 106 Å². The molecule has 0 unspecified atom stereocenters. The van der Waals surface area contributed by atoms with E-state index in [-0.39, 0.29) is 0 Å². The van der Waals surface area contributed by atoms with Crippen molar-refractivity contribution in [3.8, 4) is 11.8 Å². The standard InChI is InChI=1S/C27H31N7O2/c1-33-13-15-34(16-14-33)12-3-17-36-25-19-24(7-6-22(25)20-35)31-27-29-11-9-26(32-27)30-23-5-2-4-21(18-23)8-10-28/h2,4-7,9,11,18-20H,3,8,12-17H2,1H3,(H2,29,30,31,32). The fourth-order valence-corrected chi connectivity index (χ4v) is 3.99. The molecule has 1 saturated heterocycles. The molecular formula is C27H31N7O2. The van der Waals surface area contributed by atoms with Gasteiger partial charge in [0.1, 0.15) is 11.6 Å². The van der Waals surface area contributed by atoms with E-state index in [2.05, 4.69) is 43.5 Å². The first-order chi connectivity index (χ1) is 17.6. The number of likely N-dealkylation sites (N-methyl/N-ethyl adjacent to an activating group) is 1. The molecule has 2 N–H and O–H groups in total. The van der Waals surface area contributed by atoms with Crippen LogP contribution in [0.15, 0.2) is 54.7 Å². The van der Waals surface area contributed by atoms with E-state index in [0.717, 1.165) is 62.4 Å². The number of hydrogen-bond acceptors (Lipinski definition) is 9. The molecule has 0 spiro atoms. The fraction of sp³-hybridized carbons (Fsp3) is 0.333. The number of aromatic nitrogens is 2. The maximum atomic E-state index is 11.5. The molecule has 0 atom stereocenters. The van der Waals surface area contributed by atoms with Gasteiger partial charge in [0.15, 0.2) is 6.29 Å². The highest BCUT2D eigenvalue weighted by molar-refractivity contribution is 5.81. The molecule has 0 aliphatic carbocycles. The van der Waals surface area contributed by atoms with Crippen molar-refractivity contribution in [3.05, 3.63) is 65.9 Å². The van der Waals surface area contributed by atoms with E-state index in [0.29, 0.717) is 36.1 Å². The van der Waals surface area contributed by atoms with Gasteiger partial charge in [-0.15, -0.1) is 0 Å². The van der Waals surface area contributed by atoms with Gasteiger partial charge in [-0.2, -0.15) is 10.2 Å². The van der Waals surface area contributed by atoms with Crippen molar-refractivity contribution in [2.24, 2.45) is 0 Å². The maximum absolute atomic E-state index is 11.5. The molecule has 1 aliphatic rings. The highest BCUT2D eigenvalue weighted by atomic mass is 16.5. The predicted octanol–water partition coefficient (Wildman–Crippen LogP) is 3.86. The monoisotopic (exact) mass is 485 g/mol. The first kappa shape index (κ1) is 25.1. The van der Waals surface area contributed by atoms with Gasteiger partial charge in [-0.25, -0.2) is 4.98 Å². The first-order valence-electron chi connectivity index (χ1n) is 12.1. The lowest BCUT2D eigenvalue weighted by atomic mass is 10.1. The van der Waals surface area contributed by atoms with E-state index in [1.807, 2.05) is 24.3 Å². The van der Waals surface area contributed by atoms with Crippen molar-refractivity contribution < 1.29 is 9.53 Å². The zero-order valence-electron chi connectivity index (χ0n) is 20.5. The molecule has 2 heterocycles. The Kier molecular flexibility index (Phi) is 8.81. The number of piperazine rings is 1. The third-order valence-electron chi connectivity index (χ3n) is 6.01. The molecule has 2 aromatic carbocycles. The van der Waals surface area contributed by atoms with Gasteiger partial charge in [-0.05, 0) is 49.4 Å². The third kappa shape index (κ3) is 7.25. The number of aldehydes is 1. The first-order valence-corrected chi connectivity index (χ1v) is 12.1. The second-order valence-electron chi connectivity index (χ2n) is 8.77. The Bertz CT molecular complexity index is 1200. The third-order valence-corrected chi connectivity index (χ3v) is 6.01. The van der Waals surface area contributed by atoms with Gasteiger partial charge in [0.25, 0.3) is 0 Å². The molecule has 1 aromatic heterocycles. The SMILES string of the molecule is CN1CCN(CCCOc2cc(Nc3nccc(Nc4cccc(CC#N)c4)n3)ccc2C=O)CC1. The van der Waals surface area contributed by atoms with Crippen molar-refractivity contribution in [2.45, 2.75) is 12.8 Å². The second-order valence-corrected chi connectivity index (χ2v) is 8.77. The van der Waals surface area contributed by atoms with Gasteiger partial charge in [0, 0.05) is 56.4 Å². The van der Waals surface area contributed by atoms with Crippen molar-refractivity contribution >= 4 is 29.4 Å². The zero-order chi connectivity index (χ0) is 25.2. The average Bonchev–Trinajstić information content (AvgIpc) is 2.88. The van der Waals surface area contributed by atoms with Gasteiger partial charge in [-0.1, -0.05) is 12.1 Å². The fourth-order valence-electron chi connectivity index (χ4n) is 3.99. The van der Waals surface area contributed by atoms with Crippen molar-refractivity contribution in [1.29, 1.82) is 5.26 Å². The minimum atomic E-state index is 0.350. The molecule has 0 radical (unpaired) electrons. The molecule has 0 bridgehead atoms. The molecule has 36 heavy (non-hydrogen) atoms. The number of nitrogens with one attached hydrogen (secondary N) is 2. The van der Waals surface area contributed by atoms with Crippen LogP contribution in [0, 0.1) is 11.3 Å². The van der Waals surface area contributed by atoms with Crippen LogP contribution in [-0.2, 0) is 6.42 Å². The normalized spacial score (nSPS) is 14.1. The lowest BCUT2D eigenvalue weighted by Crippen LogP contribution is -2.44. The highest BCUT2D eigenvalue weighted by Crippen LogP contribution is 2.25. The molecule has 0 amide bonds. The van der Waals surface area contributed by atoms with E-state index in [4.69, 9.17) is 10.00 Å². The van der Waals surface area contributed by atoms with E-state index < -0.39 is 0 Å². The lowest BCUT2D eigenvalue weighted by Gasteiger charge is -2.32. The Hall–Kier alpha value is -4.00. The highest BCUT2D eigenvalue weighted by Gasteiger charge is 2.13. The Morgan fingerprint density at radius 2 is 1.92 bits per heavy atom. The van der Waals surface area contributed by atoms with Crippen LogP contribution < -0.4 is 15.4 Å². The van der Waals surface area contributed by atoms with E-state index in [1.54, 1.807) is 30.5 Å². The molecule has 9 nitrogen and oxygen atoms in total. The van der Waals surface area contributed by atoms with E-state index >= 15 is 0 Å². The summed E-state index contributed by atoms with van der Waals surface area (Å²) >= 11 is 0. The minimum absolute atomic E-state index is 0.350. The quantitative estimate of drug-likeness (QED) is 0.309. The summed E-state index contributed by atoms with van der Waals surface area (Å²) in [5.74, 6) is 1.57. The number of rotatable bonds is 11. The Balaban J connectivity index is 1.35. The van der Waals surface area contributed by atoms with E-state index in [1.165, 1.54) is 0 Å². The smallest absolute Gasteiger partial charge is 0.229 e. The van der Waals surface area contributed by atoms with Crippen LogP contribution in [0.1, 0.15) is 22.3 Å². The van der Waals surface area contributed by atoms with Crippen LogP contribution in [-0.4, -0.2) is 72.4 Å². The van der Waals surface area contributed by atoms with Crippen LogP contribution in [0.2, 0.25) is 0 Å². The Morgan fingerprint density at radius 3 is 2.72 bits per heavy atom. The number of anilines is 4. The summed E-state index contributed by atoms with van der Waals surface area (Å²) in [4.78, 5) is 25.1. The van der Waals surface area contributed by atoms with Crippen LogP contribution in [0.5, 0.6) is 5.75 Å². The van der Waals surface area contributed by atoms with Gasteiger partial charge < -0.3 is 25.2 Å². The molecule has 9 heteroatoms. The van der Waals surface area contributed by atoms with Crippen molar-refractivity contribution in [3.63, 3.8) is 0 Å². The van der Waals surface area contributed by atoms with Crippen LogP contribution in [0.25, 0.3) is 0 Å². The predicted molar refractivity (Wildman–Crippen MR) is 140 cm³/mol. The van der Waals surface area contributed by atoms with Gasteiger partial charge in [-0.3, -0.25) is 4.79 Å². The van der Waals surface area contributed by atoms with E-state index in [9.17, 15) is 4.79 Å². The molecular weight excluding hydrogens is 454 g/mol. The summed E-state index contributed by atoms with van der Waals surface area (Å²) in [6.07, 6.45) is 3.71. The molecule has 186 valence electrons. The molecule has 0 saturated carbocycles. The summed E-state index contributed by atoms with van der Waals surface area (Å²) in [5, 5.41) is 15.4. The lowest BCUT2D eigenvalue weighted by molar-refractivity contribution is 0.111. The van der Waals surface area contributed by atoms with Crippen LogP contribution in [0.3, 0.4) is 0 Å². The molecule has 4 rings (SSSR count). The second kappa shape index (κ2) is 12.6. The van der Waals surface area contributed by atoms with Crippen molar-refractivity contribution in [1.82, 2.24) is 19.8 Å². The number of nitrogens with zero attached hydrogens (tertiary/aromatic N) is 5. The molecule has 1 fully saturated rings. The molecule has 3 aromatic rings. The summed E-state index contributed by atoms with van der Waals surface area (Å²) in [7, 11) is 2.15. The Labute approximate surface area is 211 Å². The number of carbonyl (C=O) groups excluding carboxylic acids is 1. The van der Waals surface area contributed by atoms with Crippen molar-refractivity contribution in [2.75, 3.05) is 57.0 Å². The summed E-state index contributed by atoms with van der Waals surface area (Å²) in [6.45, 7) is 5.86. The summed E-state index contributed by atoms with van der Waals surface area (Å²) in [5.41, 5.74) is 3.01.